The minimum absolute atomic E-state index is 0.109. The van der Waals surface area contributed by atoms with Crippen molar-refractivity contribution in [3.63, 3.8) is 0 Å². The van der Waals surface area contributed by atoms with Crippen LogP contribution >= 0.6 is 0 Å². The maximum atomic E-state index is 11.9. The van der Waals surface area contributed by atoms with Gasteiger partial charge in [0.05, 0.1) is 0 Å². The third kappa shape index (κ3) is 3.78. The number of hydrogen-bond donors (Lipinski definition) is 1. The molecule has 1 amide bonds. The van der Waals surface area contributed by atoms with Crippen molar-refractivity contribution in [2.45, 2.75) is 20.3 Å². The average Bonchev–Trinajstić information content (AvgIpc) is 2.45. The molecule has 0 aliphatic heterocycles. The minimum atomic E-state index is -0.109. The Balaban J connectivity index is 2.11. The monoisotopic (exact) mass is 271 g/mol. The van der Waals surface area contributed by atoms with Crippen LogP contribution in [0.3, 0.4) is 0 Å². The predicted octanol–water partition coefficient (Wildman–Crippen LogP) is 2.72. The highest BCUT2D eigenvalue weighted by Crippen LogP contribution is 2.19. The van der Waals surface area contributed by atoms with Crippen LogP contribution in [0, 0.1) is 6.92 Å². The molecule has 1 heterocycles. The standard InChI is InChI=1S/C15H17N3O2/c1-3-8-16-14(19)12-5-4-6-13(10-12)20-15-17-9-7-11(2)18-15/h4-7,9-10H,3,8H2,1-2H3,(H,16,19). The summed E-state index contributed by atoms with van der Waals surface area (Å²) in [5, 5.41) is 2.82. The van der Waals surface area contributed by atoms with Crippen LogP contribution in [0.4, 0.5) is 0 Å². The van der Waals surface area contributed by atoms with Crippen LogP contribution in [0.5, 0.6) is 11.8 Å². The second kappa shape index (κ2) is 6.65. The zero-order valence-corrected chi connectivity index (χ0v) is 11.6. The molecule has 2 aromatic rings. The minimum Gasteiger partial charge on any atom is -0.424 e. The number of hydrogen-bond acceptors (Lipinski definition) is 4. The van der Waals surface area contributed by atoms with Crippen molar-refractivity contribution in [1.82, 2.24) is 15.3 Å². The number of nitrogens with zero attached hydrogens (tertiary/aromatic N) is 2. The van der Waals surface area contributed by atoms with Crippen molar-refractivity contribution in [3.05, 3.63) is 47.8 Å². The van der Waals surface area contributed by atoms with Gasteiger partial charge in [0.25, 0.3) is 5.91 Å². The summed E-state index contributed by atoms with van der Waals surface area (Å²) in [6, 6.07) is 9.03. The highest BCUT2D eigenvalue weighted by atomic mass is 16.5. The van der Waals surface area contributed by atoms with E-state index in [1.165, 1.54) is 0 Å². The number of nitrogens with one attached hydrogen (secondary N) is 1. The van der Waals surface area contributed by atoms with Crippen molar-refractivity contribution in [1.29, 1.82) is 0 Å². The highest BCUT2D eigenvalue weighted by Gasteiger charge is 2.07. The summed E-state index contributed by atoms with van der Waals surface area (Å²) in [4.78, 5) is 20.0. The van der Waals surface area contributed by atoms with Gasteiger partial charge in [-0.05, 0) is 37.6 Å². The molecule has 1 aromatic heterocycles. The van der Waals surface area contributed by atoms with Crippen LogP contribution in [0.2, 0.25) is 0 Å². The van der Waals surface area contributed by atoms with E-state index >= 15 is 0 Å². The fourth-order valence-corrected chi connectivity index (χ4v) is 1.62. The summed E-state index contributed by atoms with van der Waals surface area (Å²) >= 11 is 0. The van der Waals surface area contributed by atoms with Gasteiger partial charge in [0.1, 0.15) is 5.75 Å². The second-order valence-electron chi connectivity index (χ2n) is 4.37. The van der Waals surface area contributed by atoms with Gasteiger partial charge in [0.15, 0.2) is 0 Å². The van der Waals surface area contributed by atoms with Gasteiger partial charge in [-0.3, -0.25) is 4.79 Å². The van der Waals surface area contributed by atoms with E-state index in [0.29, 0.717) is 17.9 Å². The van der Waals surface area contributed by atoms with Gasteiger partial charge in [-0.2, -0.15) is 0 Å². The topological polar surface area (TPSA) is 64.1 Å². The molecule has 104 valence electrons. The Labute approximate surface area is 118 Å². The summed E-state index contributed by atoms with van der Waals surface area (Å²) in [5.74, 6) is 0.433. The van der Waals surface area contributed by atoms with Gasteiger partial charge in [-0.15, -0.1) is 0 Å². The summed E-state index contributed by atoms with van der Waals surface area (Å²) < 4.78 is 5.55. The molecule has 0 saturated heterocycles. The van der Waals surface area contributed by atoms with Crippen molar-refractivity contribution in [2.24, 2.45) is 0 Å². The van der Waals surface area contributed by atoms with E-state index in [9.17, 15) is 4.79 Å². The first-order chi connectivity index (χ1) is 9.69. The largest absolute Gasteiger partial charge is 0.424 e. The fraction of sp³-hybridized carbons (Fsp3) is 0.267. The molecular weight excluding hydrogens is 254 g/mol. The van der Waals surface area contributed by atoms with Gasteiger partial charge in [0, 0.05) is 24.0 Å². The van der Waals surface area contributed by atoms with Gasteiger partial charge in [0.2, 0.25) is 0 Å². The van der Waals surface area contributed by atoms with Crippen LogP contribution in [-0.2, 0) is 0 Å². The average molecular weight is 271 g/mol. The molecule has 0 atom stereocenters. The number of amides is 1. The first-order valence-corrected chi connectivity index (χ1v) is 6.55. The number of aromatic nitrogens is 2. The lowest BCUT2D eigenvalue weighted by Gasteiger charge is -2.07. The molecule has 2 rings (SSSR count). The Hall–Kier alpha value is -2.43. The Morgan fingerprint density at radius 3 is 2.95 bits per heavy atom. The predicted molar refractivity (Wildman–Crippen MR) is 75.9 cm³/mol. The molecule has 0 radical (unpaired) electrons. The molecule has 1 N–H and O–H groups in total. The zero-order chi connectivity index (χ0) is 14.4. The van der Waals surface area contributed by atoms with E-state index in [1.807, 2.05) is 13.8 Å². The zero-order valence-electron chi connectivity index (χ0n) is 11.6. The maximum Gasteiger partial charge on any atom is 0.322 e. The Bertz CT molecular complexity index is 599. The smallest absolute Gasteiger partial charge is 0.322 e. The van der Waals surface area contributed by atoms with Crippen LogP contribution in [0.15, 0.2) is 36.5 Å². The third-order valence-corrected chi connectivity index (χ3v) is 2.61. The van der Waals surface area contributed by atoms with E-state index < -0.39 is 0 Å². The molecule has 0 spiro atoms. The quantitative estimate of drug-likeness (QED) is 0.908. The lowest BCUT2D eigenvalue weighted by atomic mass is 10.2. The lowest BCUT2D eigenvalue weighted by molar-refractivity contribution is 0.0953. The van der Waals surface area contributed by atoms with Crippen LogP contribution in [-0.4, -0.2) is 22.4 Å². The van der Waals surface area contributed by atoms with Crippen molar-refractivity contribution in [2.75, 3.05) is 6.54 Å². The fourth-order valence-electron chi connectivity index (χ4n) is 1.62. The molecule has 20 heavy (non-hydrogen) atoms. The molecule has 0 aliphatic rings. The van der Waals surface area contributed by atoms with Crippen molar-refractivity contribution in [3.8, 4) is 11.8 Å². The van der Waals surface area contributed by atoms with E-state index in [4.69, 9.17) is 4.74 Å². The van der Waals surface area contributed by atoms with E-state index in [2.05, 4.69) is 15.3 Å². The van der Waals surface area contributed by atoms with Crippen LogP contribution in [0.25, 0.3) is 0 Å². The molecule has 0 bridgehead atoms. The summed E-state index contributed by atoms with van der Waals surface area (Å²) in [7, 11) is 0. The molecule has 1 aromatic carbocycles. The lowest BCUT2D eigenvalue weighted by Crippen LogP contribution is -2.23. The van der Waals surface area contributed by atoms with Crippen molar-refractivity contribution >= 4 is 5.91 Å². The Morgan fingerprint density at radius 1 is 1.35 bits per heavy atom. The Morgan fingerprint density at radius 2 is 2.20 bits per heavy atom. The SMILES string of the molecule is CCCNC(=O)c1cccc(Oc2nccc(C)n2)c1. The van der Waals surface area contributed by atoms with Gasteiger partial charge in [-0.25, -0.2) is 9.97 Å². The van der Waals surface area contributed by atoms with E-state index in [1.54, 1.807) is 36.5 Å². The number of rotatable bonds is 5. The highest BCUT2D eigenvalue weighted by molar-refractivity contribution is 5.94. The van der Waals surface area contributed by atoms with E-state index in [0.717, 1.165) is 12.1 Å². The molecule has 0 saturated carbocycles. The van der Waals surface area contributed by atoms with Crippen LogP contribution < -0.4 is 10.1 Å². The first-order valence-electron chi connectivity index (χ1n) is 6.55. The molecule has 5 nitrogen and oxygen atoms in total. The van der Waals surface area contributed by atoms with Gasteiger partial charge < -0.3 is 10.1 Å². The van der Waals surface area contributed by atoms with Crippen LogP contribution in [0.1, 0.15) is 29.4 Å². The summed E-state index contributed by atoms with van der Waals surface area (Å²) in [6.07, 6.45) is 2.54. The first kappa shape index (κ1) is 14.0. The van der Waals surface area contributed by atoms with Gasteiger partial charge >= 0.3 is 6.01 Å². The Kier molecular flexibility index (Phi) is 4.65. The maximum absolute atomic E-state index is 11.9. The normalized spacial score (nSPS) is 10.1. The number of carbonyl (C=O) groups excluding carboxylic acids is 1. The molecule has 0 unspecified atom stereocenters. The summed E-state index contributed by atoms with van der Waals surface area (Å²) in [6.45, 7) is 4.53. The number of carbonyl (C=O) groups is 1. The number of benzene rings is 1. The molecular formula is C15H17N3O2. The molecule has 5 heteroatoms. The summed E-state index contributed by atoms with van der Waals surface area (Å²) in [5.41, 5.74) is 1.38. The third-order valence-electron chi connectivity index (χ3n) is 2.61. The second-order valence-corrected chi connectivity index (χ2v) is 4.37. The number of ether oxygens (including phenoxy) is 1. The molecule has 0 fully saturated rings. The molecule has 0 aliphatic carbocycles. The van der Waals surface area contributed by atoms with Gasteiger partial charge in [-0.1, -0.05) is 13.0 Å². The van der Waals surface area contributed by atoms with Crippen molar-refractivity contribution < 1.29 is 9.53 Å². The number of aryl methyl sites for hydroxylation is 1. The van der Waals surface area contributed by atoms with E-state index in [-0.39, 0.29) is 11.9 Å².